The molecule has 2 aromatic rings. The van der Waals surface area contributed by atoms with Gasteiger partial charge in [0.2, 0.25) is 0 Å². The highest BCUT2D eigenvalue weighted by Crippen LogP contribution is 2.28. The molecule has 0 aromatic heterocycles. The van der Waals surface area contributed by atoms with Gasteiger partial charge >= 0.3 is 0 Å². The number of hydrogen-bond acceptors (Lipinski definition) is 2. The molecule has 0 aliphatic carbocycles. The first-order chi connectivity index (χ1) is 8.97. The third-order valence-corrected chi connectivity index (χ3v) is 3.68. The van der Waals surface area contributed by atoms with E-state index in [9.17, 15) is 5.11 Å². The summed E-state index contributed by atoms with van der Waals surface area (Å²) in [6.07, 6.45) is 0. The van der Waals surface area contributed by atoms with Crippen molar-refractivity contribution in [2.24, 2.45) is 0 Å². The van der Waals surface area contributed by atoms with Crippen molar-refractivity contribution in [3.8, 4) is 5.75 Å². The normalized spacial score (nSPS) is 10.5. The first-order valence-corrected chi connectivity index (χ1v) is 7.02. The minimum atomic E-state index is 0.377. The molecule has 2 nitrogen and oxygen atoms in total. The van der Waals surface area contributed by atoms with Crippen molar-refractivity contribution in [3.63, 3.8) is 0 Å². The van der Waals surface area contributed by atoms with Gasteiger partial charge in [-0.1, -0.05) is 33.6 Å². The minimum absolute atomic E-state index is 0.377. The van der Waals surface area contributed by atoms with Crippen LogP contribution in [0.2, 0.25) is 0 Å². The number of aryl methyl sites for hydroxylation is 2. The van der Waals surface area contributed by atoms with Crippen molar-refractivity contribution in [3.05, 3.63) is 57.6 Å². The van der Waals surface area contributed by atoms with Crippen LogP contribution in [0.5, 0.6) is 5.75 Å². The minimum Gasteiger partial charge on any atom is -0.507 e. The summed E-state index contributed by atoms with van der Waals surface area (Å²) < 4.78 is 0.995. The Kier molecular flexibility index (Phi) is 4.15. The zero-order valence-electron chi connectivity index (χ0n) is 11.4. The Bertz CT molecular complexity index is 578. The molecule has 2 rings (SSSR count). The second-order valence-corrected chi connectivity index (χ2v) is 5.84. The van der Waals surface area contributed by atoms with Gasteiger partial charge in [0, 0.05) is 29.3 Å². The second-order valence-electron chi connectivity index (χ2n) is 4.92. The fourth-order valence-corrected chi connectivity index (χ4v) is 2.69. The summed E-state index contributed by atoms with van der Waals surface area (Å²) in [5, 5.41) is 10.1. The van der Waals surface area contributed by atoms with Gasteiger partial charge in [-0.15, -0.1) is 0 Å². The quantitative estimate of drug-likeness (QED) is 0.905. The van der Waals surface area contributed by atoms with Gasteiger partial charge in [-0.2, -0.15) is 0 Å². The van der Waals surface area contributed by atoms with Gasteiger partial charge in [-0.25, -0.2) is 0 Å². The molecule has 0 atom stereocenters. The fraction of sp³-hybridized carbons (Fsp3) is 0.250. The lowest BCUT2D eigenvalue weighted by Gasteiger charge is -2.21. The number of phenolic OH excluding ortho intramolecular Hbond substituents is 1. The Labute approximate surface area is 122 Å². The first kappa shape index (κ1) is 13.9. The van der Waals surface area contributed by atoms with Crippen LogP contribution in [-0.2, 0) is 6.54 Å². The van der Waals surface area contributed by atoms with Crippen molar-refractivity contribution in [1.29, 1.82) is 0 Å². The molecule has 0 spiro atoms. The molecule has 3 heteroatoms. The van der Waals surface area contributed by atoms with E-state index in [0.717, 1.165) is 21.3 Å². The maximum atomic E-state index is 10.1. The predicted molar refractivity (Wildman–Crippen MR) is 83.8 cm³/mol. The van der Waals surface area contributed by atoms with E-state index in [4.69, 9.17) is 0 Å². The van der Waals surface area contributed by atoms with Crippen LogP contribution >= 0.6 is 15.9 Å². The lowest BCUT2D eigenvalue weighted by molar-refractivity contribution is 0.463. The number of benzene rings is 2. The van der Waals surface area contributed by atoms with Crippen LogP contribution in [0, 0.1) is 13.8 Å². The standard InChI is InChI=1S/C16H18BrNO/c1-11-4-6-15(7-5-11)18(3)10-13-9-14(17)8-12(2)16(13)19/h4-9,19H,10H2,1-3H3. The van der Waals surface area contributed by atoms with E-state index in [-0.39, 0.29) is 0 Å². The van der Waals surface area contributed by atoms with Crippen LogP contribution in [0.4, 0.5) is 5.69 Å². The molecule has 0 heterocycles. The molecule has 0 aliphatic heterocycles. The third kappa shape index (κ3) is 3.29. The molecule has 100 valence electrons. The van der Waals surface area contributed by atoms with Gasteiger partial charge < -0.3 is 10.0 Å². The monoisotopic (exact) mass is 319 g/mol. The molecule has 0 unspecified atom stereocenters. The van der Waals surface area contributed by atoms with Crippen molar-refractivity contribution < 1.29 is 5.11 Å². The Hall–Kier alpha value is -1.48. The smallest absolute Gasteiger partial charge is 0.123 e. The third-order valence-electron chi connectivity index (χ3n) is 3.23. The van der Waals surface area contributed by atoms with Gasteiger partial charge in [0.1, 0.15) is 5.75 Å². The lowest BCUT2D eigenvalue weighted by Crippen LogP contribution is -2.16. The molecule has 0 amide bonds. The van der Waals surface area contributed by atoms with Gasteiger partial charge in [-0.3, -0.25) is 0 Å². The van der Waals surface area contributed by atoms with Gasteiger partial charge in [0.05, 0.1) is 0 Å². The number of anilines is 1. The van der Waals surface area contributed by atoms with Crippen molar-refractivity contribution in [2.75, 3.05) is 11.9 Å². The highest BCUT2D eigenvalue weighted by Gasteiger charge is 2.09. The number of halogens is 1. The Morgan fingerprint density at radius 2 is 1.74 bits per heavy atom. The molecule has 0 saturated carbocycles. The van der Waals surface area contributed by atoms with Gasteiger partial charge in [0.15, 0.2) is 0 Å². The van der Waals surface area contributed by atoms with Gasteiger partial charge in [0.25, 0.3) is 0 Å². The van der Waals surface area contributed by atoms with E-state index in [1.807, 2.05) is 26.1 Å². The molecule has 0 bridgehead atoms. The Balaban J connectivity index is 2.23. The molecule has 19 heavy (non-hydrogen) atoms. The van der Waals surface area contributed by atoms with Crippen LogP contribution in [0.15, 0.2) is 40.9 Å². The van der Waals surface area contributed by atoms with Crippen molar-refractivity contribution in [2.45, 2.75) is 20.4 Å². The summed E-state index contributed by atoms with van der Waals surface area (Å²) in [6, 6.07) is 12.3. The number of hydrogen-bond donors (Lipinski definition) is 1. The average Bonchev–Trinajstić information content (AvgIpc) is 2.36. The Morgan fingerprint density at radius 3 is 2.37 bits per heavy atom. The number of nitrogens with zero attached hydrogens (tertiary/aromatic N) is 1. The van der Waals surface area contributed by atoms with Crippen LogP contribution in [0.25, 0.3) is 0 Å². The lowest BCUT2D eigenvalue weighted by atomic mass is 10.1. The van der Waals surface area contributed by atoms with E-state index >= 15 is 0 Å². The summed E-state index contributed by atoms with van der Waals surface area (Å²) in [5.74, 6) is 0.377. The first-order valence-electron chi connectivity index (χ1n) is 6.23. The Morgan fingerprint density at radius 1 is 1.11 bits per heavy atom. The largest absolute Gasteiger partial charge is 0.507 e. The molecule has 0 fully saturated rings. The zero-order chi connectivity index (χ0) is 14.0. The summed E-state index contributed by atoms with van der Waals surface area (Å²) in [4.78, 5) is 2.13. The van der Waals surface area contributed by atoms with E-state index < -0.39 is 0 Å². The van der Waals surface area contributed by atoms with Crippen molar-refractivity contribution in [1.82, 2.24) is 0 Å². The summed E-state index contributed by atoms with van der Waals surface area (Å²) in [7, 11) is 2.03. The second kappa shape index (κ2) is 5.66. The molecular weight excluding hydrogens is 302 g/mol. The van der Waals surface area contributed by atoms with E-state index in [1.165, 1.54) is 5.56 Å². The zero-order valence-corrected chi connectivity index (χ0v) is 13.0. The molecule has 0 aliphatic rings. The van der Waals surface area contributed by atoms with E-state index in [0.29, 0.717) is 12.3 Å². The fourth-order valence-electron chi connectivity index (χ4n) is 2.07. The summed E-state index contributed by atoms with van der Waals surface area (Å²) >= 11 is 3.47. The molecule has 2 aromatic carbocycles. The van der Waals surface area contributed by atoms with Crippen molar-refractivity contribution >= 4 is 21.6 Å². The summed E-state index contributed by atoms with van der Waals surface area (Å²) in [6.45, 7) is 4.66. The maximum Gasteiger partial charge on any atom is 0.123 e. The highest BCUT2D eigenvalue weighted by atomic mass is 79.9. The number of rotatable bonds is 3. The highest BCUT2D eigenvalue weighted by molar-refractivity contribution is 9.10. The van der Waals surface area contributed by atoms with Crippen LogP contribution in [0.1, 0.15) is 16.7 Å². The maximum absolute atomic E-state index is 10.1. The number of phenols is 1. The van der Waals surface area contributed by atoms with E-state index in [1.54, 1.807) is 0 Å². The van der Waals surface area contributed by atoms with Crippen LogP contribution < -0.4 is 4.90 Å². The van der Waals surface area contributed by atoms with Gasteiger partial charge in [-0.05, 0) is 43.7 Å². The molecule has 0 saturated heterocycles. The average molecular weight is 320 g/mol. The molecular formula is C16H18BrNO. The number of aromatic hydroxyl groups is 1. The SMILES string of the molecule is Cc1ccc(N(C)Cc2cc(Br)cc(C)c2O)cc1. The summed E-state index contributed by atoms with van der Waals surface area (Å²) in [5.41, 5.74) is 4.21. The molecule has 1 N–H and O–H groups in total. The molecule has 0 radical (unpaired) electrons. The predicted octanol–water partition coefficient (Wildman–Crippen LogP) is 4.41. The van der Waals surface area contributed by atoms with Crippen LogP contribution in [0.3, 0.4) is 0 Å². The van der Waals surface area contributed by atoms with Crippen LogP contribution in [-0.4, -0.2) is 12.2 Å². The topological polar surface area (TPSA) is 23.5 Å². The van der Waals surface area contributed by atoms with E-state index in [2.05, 4.69) is 52.0 Å².